The van der Waals surface area contributed by atoms with Gasteiger partial charge in [0.05, 0.1) is 24.7 Å². The highest BCUT2D eigenvalue weighted by Gasteiger charge is 2.60. The summed E-state index contributed by atoms with van der Waals surface area (Å²) in [6.45, 7) is 9.66. The molecule has 0 spiro atoms. The second-order valence-corrected chi connectivity index (χ2v) is 10.6. The number of β-lactam (4-membered cyclic amide) rings is 1. The van der Waals surface area contributed by atoms with Crippen molar-refractivity contribution in [2.24, 2.45) is 17.8 Å². The van der Waals surface area contributed by atoms with Crippen molar-refractivity contribution in [3.63, 3.8) is 0 Å². The monoisotopic (exact) mass is 439 g/mol. The van der Waals surface area contributed by atoms with Gasteiger partial charge in [-0.1, -0.05) is 6.92 Å². The predicted octanol–water partition coefficient (Wildman–Crippen LogP) is 0.262. The highest BCUT2D eigenvalue weighted by atomic mass is 32.2. The number of thioether (sulfide) groups is 1. The van der Waals surface area contributed by atoms with Gasteiger partial charge in [0.2, 0.25) is 5.91 Å². The van der Waals surface area contributed by atoms with Crippen LogP contribution in [0.4, 0.5) is 0 Å². The molecule has 0 aromatic heterocycles. The van der Waals surface area contributed by atoms with Crippen LogP contribution in [0.1, 0.15) is 26.7 Å². The zero-order valence-electron chi connectivity index (χ0n) is 17.7. The van der Waals surface area contributed by atoms with Gasteiger partial charge in [-0.3, -0.25) is 4.79 Å². The van der Waals surface area contributed by atoms with E-state index in [0.29, 0.717) is 11.2 Å². The second-order valence-electron chi connectivity index (χ2n) is 9.24. The number of aliphatic hydroxyl groups excluding tert-OH is 2. The van der Waals surface area contributed by atoms with Crippen LogP contribution in [-0.4, -0.2) is 105 Å². The van der Waals surface area contributed by atoms with Crippen molar-refractivity contribution >= 4 is 23.6 Å². The Morgan fingerprint density at radius 2 is 1.97 bits per heavy atom. The zero-order chi connectivity index (χ0) is 21.6. The Kier molecular flexibility index (Phi) is 6.46. The minimum atomic E-state index is -1.05. The minimum Gasteiger partial charge on any atom is -0.477 e. The number of hydrogen-bond acceptors (Lipinski definition) is 7. The van der Waals surface area contributed by atoms with E-state index in [1.807, 2.05) is 6.92 Å². The van der Waals surface area contributed by atoms with Gasteiger partial charge < -0.3 is 30.0 Å². The molecule has 0 aromatic carbocycles. The number of amides is 1. The van der Waals surface area contributed by atoms with Gasteiger partial charge in [0, 0.05) is 42.3 Å². The quantitative estimate of drug-likeness (QED) is 0.463. The minimum absolute atomic E-state index is 0.0608. The fraction of sp³-hybridized carbons (Fsp3) is 0.810. The average molecular weight is 440 g/mol. The van der Waals surface area contributed by atoms with Crippen molar-refractivity contribution < 1.29 is 24.9 Å². The van der Waals surface area contributed by atoms with E-state index in [9.17, 15) is 19.8 Å². The van der Waals surface area contributed by atoms with Crippen molar-refractivity contribution in [2.45, 2.75) is 44.1 Å². The Labute approximate surface area is 181 Å². The summed E-state index contributed by atoms with van der Waals surface area (Å²) in [4.78, 5) is 31.4. The number of rotatable bonds is 8. The number of carboxylic acids is 1. The number of nitrogens with zero attached hydrogens (tertiary/aromatic N) is 3. The highest BCUT2D eigenvalue weighted by molar-refractivity contribution is 8.03. The number of hydrogen-bond donors (Lipinski definition) is 3. The summed E-state index contributed by atoms with van der Waals surface area (Å²) in [7, 11) is 0. The average Bonchev–Trinajstić information content (AvgIpc) is 3.35. The summed E-state index contributed by atoms with van der Waals surface area (Å²) >= 11 is 1.63. The van der Waals surface area contributed by atoms with Gasteiger partial charge in [0.15, 0.2) is 0 Å². The van der Waals surface area contributed by atoms with Crippen LogP contribution >= 0.6 is 11.8 Å². The van der Waals surface area contributed by atoms with E-state index in [4.69, 9.17) is 5.11 Å². The molecule has 4 rings (SSSR count). The number of aliphatic hydroxyl groups is 2. The molecule has 4 aliphatic heterocycles. The molecule has 0 unspecified atom stereocenters. The maximum atomic E-state index is 12.5. The van der Waals surface area contributed by atoms with E-state index < -0.39 is 18.0 Å². The lowest BCUT2D eigenvalue weighted by atomic mass is 9.79. The van der Waals surface area contributed by atoms with E-state index in [1.54, 1.807) is 18.7 Å². The van der Waals surface area contributed by atoms with E-state index in [1.165, 1.54) is 11.3 Å². The Hall–Kier alpha value is -1.13. The first-order valence-corrected chi connectivity index (χ1v) is 11.9. The molecule has 3 fully saturated rings. The number of carbonyl (C=O) groups excluding carboxylic acids is 1. The standard InChI is InChI=1S/C21H33N3O5S/c1-12-17-16(13(2)26)20(27)24(17)18(21(28)29)19(12)30-15-4-6-23(11-15)10-14-3-5-22(9-14)7-8-25/h12-17,25-26H,3-11H2,1-2H3,(H,28,29)/t12-,13-,14-,15-,16-,17-/m1/s1. The maximum Gasteiger partial charge on any atom is 0.353 e. The molecule has 0 bridgehead atoms. The third kappa shape index (κ3) is 3.90. The van der Waals surface area contributed by atoms with Gasteiger partial charge in [-0.2, -0.15) is 0 Å². The molecule has 1 amide bonds. The van der Waals surface area contributed by atoms with Crippen LogP contribution in [-0.2, 0) is 9.59 Å². The second kappa shape index (κ2) is 8.78. The summed E-state index contributed by atoms with van der Waals surface area (Å²) in [5.41, 5.74) is 0.133. The van der Waals surface area contributed by atoms with Crippen LogP contribution < -0.4 is 0 Å². The molecular weight excluding hydrogens is 406 g/mol. The molecule has 8 nitrogen and oxygen atoms in total. The number of fused-ring (bicyclic) bond motifs is 1. The third-order valence-corrected chi connectivity index (χ3v) is 8.67. The summed E-state index contributed by atoms with van der Waals surface area (Å²) in [5, 5.41) is 29.2. The molecule has 3 saturated heterocycles. The molecule has 4 heterocycles. The maximum absolute atomic E-state index is 12.5. The van der Waals surface area contributed by atoms with Gasteiger partial charge in [-0.15, -0.1) is 11.8 Å². The molecule has 30 heavy (non-hydrogen) atoms. The Morgan fingerprint density at radius 1 is 1.23 bits per heavy atom. The number of aliphatic carboxylic acids is 1. The van der Waals surface area contributed by atoms with Crippen molar-refractivity contribution in [3.05, 3.63) is 10.6 Å². The van der Waals surface area contributed by atoms with Gasteiger partial charge in [0.25, 0.3) is 0 Å². The molecule has 6 atom stereocenters. The van der Waals surface area contributed by atoms with Crippen LogP contribution in [0, 0.1) is 17.8 Å². The molecule has 168 valence electrons. The lowest BCUT2D eigenvalue weighted by Gasteiger charge is -2.46. The Balaban J connectivity index is 1.37. The van der Waals surface area contributed by atoms with Gasteiger partial charge in [-0.25, -0.2) is 4.79 Å². The van der Waals surface area contributed by atoms with Crippen molar-refractivity contribution in [3.8, 4) is 0 Å². The predicted molar refractivity (Wildman–Crippen MR) is 114 cm³/mol. The number of β-amino-alcohol motifs (C(OH)–C–C–N with tert-alkyl or cyclic N) is 1. The summed E-state index contributed by atoms with van der Waals surface area (Å²) < 4.78 is 0. The molecule has 0 aliphatic carbocycles. The van der Waals surface area contributed by atoms with Crippen LogP contribution in [0.2, 0.25) is 0 Å². The van der Waals surface area contributed by atoms with Gasteiger partial charge >= 0.3 is 5.97 Å². The third-order valence-electron chi connectivity index (χ3n) is 7.14. The molecule has 4 aliphatic rings. The van der Waals surface area contributed by atoms with Crippen molar-refractivity contribution in [2.75, 3.05) is 45.9 Å². The Morgan fingerprint density at radius 3 is 2.63 bits per heavy atom. The van der Waals surface area contributed by atoms with Crippen molar-refractivity contribution in [1.29, 1.82) is 0 Å². The molecule has 0 saturated carbocycles. The first-order chi connectivity index (χ1) is 14.3. The Bertz CT molecular complexity index is 729. The van der Waals surface area contributed by atoms with E-state index in [2.05, 4.69) is 9.80 Å². The fourth-order valence-corrected chi connectivity index (χ4v) is 7.21. The van der Waals surface area contributed by atoms with Gasteiger partial charge in [-0.05, 0) is 38.8 Å². The topological polar surface area (TPSA) is 105 Å². The number of carbonyl (C=O) groups is 2. The summed E-state index contributed by atoms with van der Waals surface area (Å²) in [5.74, 6) is -1.25. The van der Waals surface area contributed by atoms with Crippen LogP contribution in [0.5, 0.6) is 0 Å². The van der Waals surface area contributed by atoms with Crippen molar-refractivity contribution in [1.82, 2.24) is 14.7 Å². The molecule has 9 heteroatoms. The fourth-order valence-electron chi connectivity index (χ4n) is 5.69. The molecular formula is C21H33N3O5S. The van der Waals surface area contributed by atoms with Crippen LogP contribution in [0.3, 0.4) is 0 Å². The first-order valence-electron chi connectivity index (χ1n) is 11.0. The van der Waals surface area contributed by atoms with Crippen LogP contribution in [0.15, 0.2) is 10.6 Å². The van der Waals surface area contributed by atoms with E-state index in [0.717, 1.165) is 50.6 Å². The smallest absolute Gasteiger partial charge is 0.353 e. The SMILES string of the molecule is C[C@@H](O)[C@H]1C(=O)N2C(C(=O)O)=C(S[C@@H]3CCN(C[C@@H]4CCN(CCO)C4)C3)[C@H](C)[C@H]12. The van der Waals surface area contributed by atoms with Crippen LogP contribution in [0.25, 0.3) is 0 Å². The van der Waals surface area contributed by atoms with Gasteiger partial charge in [0.1, 0.15) is 5.70 Å². The molecule has 3 N–H and O–H groups in total. The van der Waals surface area contributed by atoms with E-state index in [-0.39, 0.29) is 30.2 Å². The lowest BCUT2D eigenvalue weighted by Crippen LogP contribution is -2.63. The lowest BCUT2D eigenvalue weighted by molar-refractivity contribution is -0.163. The first kappa shape index (κ1) is 22.1. The normalized spacial score (nSPS) is 35.8. The summed E-state index contributed by atoms with van der Waals surface area (Å²) in [6, 6.07) is -0.236. The number of carboxylic acid groups (broad SMARTS) is 1. The highest BCUT2D eigenvalue weighted by Crippen LogP contribution is 2.51. The number of likely N-dealkylation sites (tertiary alicyclic amines) is 2. The molecule has 0 radical (unpaired) electrons. The molecule has 0 aromatic rings. The zero-order valence-corrected chi connectivity index (χ0v) is 18.6. The summed E-state index contributed by atoms with van der Waals surface area (Å²) in [6.07, 6.45) is 1.41. The van der Waals surface area contributed by atoms with E-state index >= 15 is 0 Å². The largest absolute Gasteiger partial charge is 0.477 e.